The van der Waals surface area contributed by atoms with Crippen LogP contribution in [0.3, 0.4) is 0 Å². The molecule has 0 fully saturated rings. The van der Waals surface area contributed by atoms with Gasteiger partial charge in [0, 0.05) is 0 Å². The molecule has 0 saturated heterocycles. The van der Waals surface area contributed by atoms with E-state index in [-0.39, 0.29) is 18.5 Å². The Morgan fingerprint density at radius 3 is 2.45 bits per heavy atom. The molecule has 0 heterocycles. The third kappa shape index (κ3) is 6.52. The van der Waals surface area contributed by atoms with E-state index in [1.807, 2.05) is 0 Å². The normalized spacial score (nSPS) is 12.8. The van der Waals surface area contributed by atoms with Crippen molar-refractivity contribution in [3.05, 3.63) is 35.6 Å². The second-order valence-electron chi connectivity index (χ2n) is 5.69. The van der Waals surface area contributed by atoms with Gasteiger partial charge in [-0.1, -0.05) is 12.1 Å². The zero-order valence-corrected chi connectivity index (χ0v) is 12.1. The van der Waals surface area contributed by atoms with Crippen molar-refractivity contribution in [2.45, 2.75) is 45.3 Å². The number of alkyl carbamates (subject to hydrolysis) is 1. The molecule has 0 radical (unpaired) electrons. The third-order valence-corrected chi connectivity index (χ3v) is 2.64. The topological polar surface area (TPSA) is 58.6 Å². The van der Waals surface area contributed by atoms with Crippen molar-refractivity contribution in [1.29, 1.82) is 0 Å². The van der Waals surface area contributed by atoms with Gasteiger partial charge in [0.1, 0.15) is 11.4 Å². The number of amides is 1. The number of aliphatic hydroxyl groups is 1. The van der Waals surface area contributed by atoms with Crippen LogP contribution in [0.2, 0.25) is 0 Å². The second-order valence-corrected chi connectivity index (χ2v) is 5.69. The summed E-state index contributed by atoms with van der Waals surface area (Å²) in [6.07, 6.45) is 0.651. The van der Waals surface area contributed by atoms with Crippen molar-refractivity contribution in [2.75, 3.05) is 6.61 Å². The summed E-state index contributed by atoms with van der Waals surface area (Å²) in [5, 5.41) is 11.9. The summed E-state index contributed by atoms with van der Waals surface area (Å²) in [6, 6.07) is 5.79. The van der Waals surface area contributed by atoms with E-state index in [9.17, 15) is 14.3 Å². The number of carbonyl (C=O) groups excluding carboxylic acids is 1. The average molecular weight is 283 g/mol. The fourth-order valence-corrected chi connectivity index (χ4v) is 1.68. The van der Waals surface area contributed by atoms with Crippen LogP contribution in [0.25, 0.3) is 0 Å². The molecule has 0 aliphatic carbocycles. The number of hydrogen-bond donors (Lipinski definition) is 2. The average Bonchev–Trinajstić information content (AvgIpc) is 2.34. The van der Waals surface area contributed by atoms with Gasteiger partial charge in [-0.05, 0) is 51.3 Å². The minimum Gasteiger partial charge on any atom is -0.444 e. The lowest BCUT2D eigenvalue weighted by Crippen LogP contribution is -2.41. The molecule has 0 aliphatic heterocycles. The summed E-state index contributed by atoms with van der Waals surface area (Å²) in [5.74, 6) is -0.278. The highest BCUT2D eigenvalue weighted by atomic mass is 19.1. The van der Waals surface area contributed by atoms with Crippen molar-refractivity contribution in [3.63, 3.8) is 0 Å². The zero-order valence-electron chi connectivity index (χ0n) is 12.1. The minimum atomic E-state index is -0.568. The number of nitrogens with one attached hydrogen (secondary N) is 1. The van der Waals surface area contributed by atoms with Crippen LogP contribution in [-0.4, -0.2) is 29.4 Å². The number of benzene rings is 1. The Labute approximate surface area is 119 Å². The van der Waals surface area contributed by atoms with Gasteiger partial charge in [0.05, 0.1) is 12.6 Å². The Balaban J connectivity index is 2.43. The minimum absolute atomic E-state index is 0.166. The molecule has 0 unspecified atom stereocenters. The van der Waals surface area contributed by atoms with E-state index in [2.05, 4.69) is 5.32 Å². The van der Waals surface area contributed by atoms with Crippen LogP contribution in [0, 0.1) is 5.82 Å². The first-order valence-electron chi connectivity index (χ1n) is 6.65. The van der Waals surface area contributed by atoms with Gasteiger partial charge in [0.2, 0.25) is 0 Å². The van der Waals surface area contributed by atoms with Gasteiger partial charge in [0.25, 0.3) is 0 Å². The maximum Gasteiger partial charge on any atom is 0.407 e. The van der Waals surface area contributed by atoms with Gasteiger partial charge >= 0.3 is 6.09 Å². The number of rotatable bonds is 5. The van der Waals surface area contributed by atoms with Crippen LogP contribution in [-0.2, 0) is 11.2 Å². The summed E-state index contributed by atoms with van der Waals surface area (Å²) in [4.78, 5) is 11.6. The van der Waals surface area contributed by atoms with Crippen molar-refractivity contribution in [3.8, 4) is 0 Å². The molecule has 1 aromatic rings. The first-order chi connectivity index (χ1) is 9.30. The van der Waals surface area contributed by atoms with E-state index >= 15 is 0 Å². The van der Waals surface area contributed by atoms with E-state index in [1.165, 1.54) is 12.1 Å². The number of halogens is 1. The molecule has 0 bridgehead atoms. The van der Waals surface area contributed by atoms with Crippen LogP contribution in [0.15, 0.2) is 24.3 Å². The molecule has 1 amide bonds. The number of hydrogen-bond acceptors (Lipinski definition) is 3. The smallest absolute Gasteiger partial charge is 0.407 e. The van der Waals surface area contributed by atoms with Crippen LogP contribution in [0.5, 0.6) is 0 Å². The predicted octanol–water partition coefficient (Wildman–Crippen LogP) is 2.64. The molecular formula is C15H22FNO3. The highest BCUT2D eigenvalue weighted by molar-refractivity contribution is 5.68. The Kier molecular flexibility index (Phi) is 5.95. The van der Waals surface area contributed by atoms with Gasteiger partial charge in [-0.2, -0.15) is 0 Å². The SMILES string of the molecule is CC(C)(C)OC(=O)N[C@@H](CO)CCc1ccc(F)cc1. The predicted molar refractivity (Wildman–Crippen MR) is 75.0 cm³/mol. The van der Waals surface area contributed by atoms with E-state index in [0.29, 0.717) is 12.8 Å². The molecule has 1 aromatic carbocycles. The summed E-state index contributed by atoms with van der Waals surface area (Å²) in [7, 11) is 0. The molecule has 2 N–H and O–H groups in total. The van der Waals surface area contributed by atoms with Crippen molar-refractivity contribution >= 4 is 6.09 Å². The zero-order chi connectivity index (χ0) is 15.2. The first kappa shape index (κ1) is 16.4. The fourth-order valence-electron chi connectivity index (χ4n) is 1.68. The lowest BCUT2D eigenvalue weighted by atomic mass is 10.1. The molecule has 0 aromatic heterocycles. The van der Waals surface area contributed by atoms with Gasteiger partial charge in [0.15, 0.2) is 0 Å². The van der Waals surface area contributed by atoms with Crippen LogP contribution in [0.4, 0.5) is 9.18 Å². The molecule has 5 heteroatoms. The summed E-state index contributed by atoms with van der Waals surface area (Å²) < 4.78 is 17.9. The fraction of sp³-hybridized carbons (Fsp3) is 0.533. The van der Waals surface area contributed by atoms with Crippen LogP contribution in [0.1, 0.15) is 32.8 Å². The van der Waals surface area contributed by atoms with Crippen molar-refractivity contribution < 1.29 is 19.0 Å². The second kappa shape index (κ2) is 7.24. The first-order valence-corrected chi connectivity index (χ1v) is 6.65. The van der Waals surface area contributed by atoms with Gasteiger partial charge in [-0.15, -0.1) is 0 Å². The van der Waals surface area contributed by atoms with Gasteiger partial charge < -0.3 is 15.2 Å². The lowest BCUT2D eigenvalue weighted by molar-refractivity contribution is 0.0479. The van der Waals surface area contributed by atoms with Crippen molar-refractivity contribution in [2.24, 2.45) is 0 Å². The number of carbonyl (C=O) groups is 1. The summed E-state index contributed by atoms with van der Waals surface area (Å²) in [6.45, 7) is 5.16. The third-order valence-electron chi connectivity index (χ3n) is 2.64. The summed E-state index contributed by atoms with van der Waals surface area (Å²) in [5.41, 5.74) is 0.386. The molecule has 0 aliphatic rings. The standard InChI is InChI=1S/C15H22FNO3/c1-15(2,3)20-14(19)17-13(10-18)9-6-11-4-7-12(16)8-5-11/h4-5,7-8,13,18H,6,9-10H2,1-3H3,(H,17,19)/t13-/m1/s1. The van der Waals surface area contributed by atoms with Gasteiger partial charge in [-0.25, -0.2) is 9.18 Å². The van der Waals surface area contributed by atoms with E-state index in [1.54, 1.807) is 32.9 Å². The molecular weight excluding hydrogens is 261 g/mol. The quantitative estimate of drug-likeness (QED) is 0.873. The molecule has 4 nitrogen and oxygen atoms in total. The van der Waals surface area contributed by atoms with Crippen molar-refractivity contribution in [1.82, 2.24) is 5.32 Å². The van der Waals surface area contributed by atoms with E-state index in [4.69, 9.17) is 4.74 Å². The molecule has 0 saturated carbocycles. The maximum absolute atomic E-state index is 12.8. The molecule has 1 atom stereocenters. The number of aliphatic hydroxyl groups excluding tert-OH is 1. The molecule has 20 heavy (non-hydrogen) atoms. The Morgan fingerprint density at radius 1 is 1.35 bits per heavy atom. The molecule has 112 valence electrons. The summed E-state index contributed by atoms with van der Waals surface area (Å²) >= 11 is 0. The van der Waals surface area contributed by atoms with Crippen LogP contribution < -0.4 is 5.32 Å². The van der Waals surface area contributed by atoms with E-state index in [0.717, 1.165) is 5.56 Å². The lowest BCUT2D eigenvalue weighted by Gasteiger charge is -2.22. The highest BCUT2D eigenvalue weighted by Crippen LogP contribution is 2.09. The van der Waals surface area contributed by atoms with Crippen LogP contribution >= 0.6 is 0 Å². The maximum atomic E-state index is 12.8. The monoisotopic (exact) mass is 283 g/mol. The molecule has 0 spiro atoms. The number of aryl methyl sites for hydroxylation is 1. The largest absolute Gasteiger partial charge is 0.444 e. The highest BCUT2D eigenvalue weighted by Gasteiger charge is 2.19. The Morgan fingerprint density at radius 2 is 1.95 bits per heavy atom. The Hall–Kier alpha value is -1.62. The molecule has 1 rings (SSSR count). The van der Waals surface area contributed by atoms with E-state index < -0.39 is 11.7 Å². The Bertz CT molecular complexity index is 426. The number of ether oxygens (including phenoxy) is 1. The van der Waals surface area contributed by atoms with Gasteiger partial charge in [-0.3, -0.25) is 0 Å².